The standard InChI is InChI=1S/C14H14BrFN4O2/c1-7-5-10(17-2)20-14(18-7)19-8-6-9-13(11(15)12(8)16)22-4-3-21-9/h5-6H,3-4H2,1-2H3,(H2,17,18,19,20). The van der Waals surface area contributed by atoms with Crippen LogP contribution in [-0.4, -0.2) is 30.2 Å². The molecule has 0 saturated heterocycles. The molecule has 1 aliphatic heterocycles. The van der Waals surface area contributed by atoms with Crippen LogP contribution in [0.5, 0.6) is 11.5 Å². The Labute approximate surface area is 135 Å². The quantitative estimate of drug-likeness (QED) is 0.866. The zero-order chi connectivity index (χ0) is 15.7. The third-order valence-electron chi connectivity index (χ3n) is 3.07. The Morgan fingerprint density at radius 3 is 2.77 bits per heavy atom. The summed E-state index contributed by atoms with van der Waals surface area (Å²) in [4.78, 5) is 8.49. The molecule has 0 spiro atoms. The van der Waals surface area contributed by atoms with E-state index in [9.17, 15) is 4.39 Å². The minimum Gasteiger partial charge on any atom is -0.486 e. The number of rotatable bonds is 3. The molecule has 22 heavy (non-hydrogen) atoms. The highest BCUT2D eigenvalue weighted by molar-refractivity contribution is 9.10. The smallest absolute Gasteiger partial charge is 0.229 e. The summed E-state index contributed by atoms with van der Waals surface area (Å²) >= 11 is 3.20. The molecule has 0 unspecified atom stereocenters. The molecule has 0 saturated carbocycles. The molecule has 116 valence electrons. The van der Waals surface area contributed by atoms with E-state index in [1.165, 1.54) is 0 Å². The van der Waals surface area contributed by atoms with Gasteiger partial charge in [-0.15, -0.1) is 0 Å². The highest BCUT2D eigenvalue weighted by Gasteiger charge is 2.22. The second-order valence-corrected chi connectivity index (χ2v) is 5.46. The summed E-state index contributed by atoms with van der Waals surface area (Å²) in [5, 5.41) is 5.81. The largest absolute Gasteiger partial charge is 0.486 e. The molecule has 1 aliphatic rings. The van der Waals surface area contributed by atoms with Crippen LogP contribution in [0.4, 0.5) is 21.8 Å². The van der Waals surface area contributed by atoms with Crippen molar-refractivity contribution in [2.75, 3.05) is 30.9 Å². The molecule has 0 bridgehead atoms. The van der Waals surface area contributed by atoms with Crippen molar-refractivity contribution >= 4 is 33.4 Å². The molecule has 1 aromatic heterocycles. The van der Waals surface area contributed by atoms with Gasteiger partial charge in [-0.05, 0) is 22.9 Å². The van der Waals surface area contributed by atoms with E-state index in [0.29, 0.717) is 36.5 Å². The van der Waals surface area contributed by atoms with E-state index in [0.717, 1.165) is 5.69 Å². The van der Waals surface area contributed by atoms with Crippen molar-refractivity contribution in [2.24, 2.45) is 0 Å². The molecular weight excluding hydrogens is 355 g/mol. The first-order valence-corrected chi connectivity index (χ1v) is 7.46. The third-order valence-corrected chi connectivity index (χ3v) is 3.78. The molecule has 0 atom stereocenters. The first kappa shape index (κ1) is 14.8. The number of halogens is 2. The maximum Gasteiger partial charge on any atom is 0.229 e. The molecule has 2 N–H and O–H groups in total. The van der Waals surface area contributed by atoms with Crippen LogP contribution < -0.4 is 20.1 Å². The molecule has 0 fully saturated rings. The highest BCUT2D eigenvalue weighted by Crippen LogP contribution is 2.43. The molecule has 0 amide bonds. The van der Waals surface area contributed by atoms with Crippen molar-refractivity contribution in [1.29, 1.82) is 0 Å². The summed E-state index contributed by atoms with van der Waals surface area (Å²) in [6.45, 7) is 2.66. The van der Waals surface area contributed by atoms with Gasteiger partial charge >= 0.3 is 0 Å². The summed E-state index contributed by atoms with van der Waals surface area (Å²) in [6, 6.07) is 3.33. The molecule has 0 aliphatic carbocycles. The average Bonchev–Trinajstić information content (AvgIpc) is 2.52. The summed E-state index contributed by atoms with van der Waals surface area (Å²) in [5.74, 6) is 1.30. The fourth-order valence-corrected chi connectivity index (χ4v) is 2.61. The number of ether oxygens (including phenoxy) is 2. The van der Waals surface area contributed by atoms with Gasteiger partial charge in [-0.1, -0.05) is 0 Å². The summed E-state index contributed by atoms with van der Waals surface area (Å²) in [5.41, 5.74) is 0.975. The van der Waals surface area contributed by atoms with E-state index >= 15 is 0 Å². The zero-order valence-corrected chi connectivity index (χ0v) is 13.6. The van der Waals surface area contributed by atoms with Crippen molar-refractivity contribution in [3.05, 3.63) is 28.1 Å². The minimum atomic E-state index is -0.486. The number of anilines is 3. The van der Waals surface area contributed by atoms with Gasteiger partial charge in [0.05, 0.1) is 5.69 Å². The zero-order valence-electron chi connectivity index (χ0n) is 12.0. The molecule has 6 nitrogen and oxygen atoms in total. The minimum absolute atomic E-state index is 0.212. The molecule has 0 radical (unpaired) electrons. The molecule has 1 aromatic carbocycles. The van der Waals surface area contributed by atoms with Crippen molar-refractivity contribution in [1.82, 2.24) is 9.97 Å². The number of fused-ring (bicyclic) bond motifs is 1. The predicted molar refractivity (Wildman–Crippen MR) is 84.7 cm³/mol. The Kier molecular flexibility index (Phi) is 4.02. The number of nitrogens with one attached hydrogen (secondary N) is 2. The Morgan fingerprint density at radius 2 is 2.00 bits per heavy atom. The van der Waals surface area contributed by atoms with E-state index in [4.69, 9.17) is 9.47 Å². The Bertz CT molecular complexity index is 726. The lowest BCUT2D eigenvalue weighted by molar-refractivity contribution is 0.169. The number of benzene rings is 1. The van der Waals surface area contributed by atoms with Crippen LogP contribution in [0.15, 0.2) is 16.6 Å². The number of aryl methyl sites for hydroxylation is 1. The Balaban J connectivity index is 1.99. The van der Waals surface area contributed by atoms with Gasteiger partial charge in [0.15, 0.2) is 17.3 Å². The van der Waals surface area contributed by atoms with Gasteiger partial charge in [0.1, 0.15) is 23.5 Å². The summed E-state index contributed by atoms with van der Waals surface area (Å²) in [6.07, 6.45) is 0. The molecule has 2 heterocycles. The second-order valence-electron chi connectivity index (χ2n) is 4.67. The normalized spacial score (nSPS) is 12.9. The molecule has 2 aromatic rings. The van der Waals surface area contributed by atoms with Crippen molar-refractivity contribution in [3.8, 4) is 11.5 Å². The van der Waals surface area contributed by atoms with Gasteiger partial charge in [0, 0.05) is 24.9 Å². The van der Waals surface area contributed by atoms with Gasteiger partial charge in [-0.2, -0.15) is 4.98 Å². The van der Waals surface area contributed by atoms with Gasteiger partial charge in [-0.25, -0.2) is 9.37 Å². The van der Waals surface area contributed by atoms with Crippen molar-refractivity contribution < 1.29 is 13.9 Å². The van der Waals surface area contributed by atoms with Gasteiger partial charge in [-0.3, -0.25) is 0 Å². The summed E-state index contributed by atoms with van der Waals surface area (Å²) in [7, 11) is 1.76. The monoisotopic (exact) mass is 368 g/mol. The lowest BCUT2D eigenvalue weighted by Gasteiger charge is -2.21. The topological polar surface area (TPSA) is 68.3 Å². The van der Waals surface area contributed by atoms with Gasteiger partial charge in [0.25, 0.3) is 0 Å². The number of hydrogen-bond acceptors (Lipinski definition) is 6. The van der Waals surface area contributed by atoms with E-state index < -0.39 is 5.82 Å². The van der Waals surface area contributed by atoms with E-state index in [1.54, 1.807) is 19.2 Å². The average molecular weight is 369 g/mol. The SMILES string of the molecule is CNc1cc(C)nc(Nc2cc3c(c(Br)c2F)OCCO3)n1. The predicted octanol–water partition coefficient (Wildman–Crippen LogP) is 3.24. The van der Waals surface area contributed by atoms with Gasteiger partial charge in [0.2, 0.25) is 5.95 Å². The second kappa shape index (κ2) is 5.96. The molecule has 8 heteroatoms. The van der Waals surface area contributed by atoms with Crippen LogP contribution in [0, 0.1) is 12.7 Å². The van der Waals surface area contributed by atoms with E-state index in [1.807, 2.05) is 6.92 Å². The number of aromatic nitrogens is 2. The Morgan fingerprint density at radius 1 is 1.23 bits per heavy atom. The lowest BCUT2D eigenvalue weighted by atomic mass is 10.2. The van der Waals surface area contributed by atoms with Crippen LogP contribution in [0.2, 0.25) is 0 Å². The fraction of sp³-hybridized carbons (Fsp3) is 0.286. The van der Waals surface area contributed by atoms with Gasteiger partial charge < -0.3 is 20.1 Å². The van der Waals surface area contributed by atoms with E-state index in [2.05, 4.69) is 36.5 Å². The first-order valence-electron chi connectivity index (χ1n) is 6.66. The van der Waals surface area contributed by atoms with Crippen LogP contribution in [0.1, 0.15) is 5.69 Å². The number of hydrogen-bond donors (Lipinski definition) is 2. The molecule has 3 rings (SSSR count). The lowest BCUT2D eigenvalue weighted by Crippen LogP contribution is -2.16. The van der Waals surface area contributed by atoms with Crippen LogP contribution in [0.3, 0.4) is 0 Å². The maximum absolute atomic E-state index is 14.4. The summed E-state index contributed by atoms with van der Waals surface area (Å²) < 4.78 is 25.6. The fourth-order valence-electron chi connectivity index (χ4n) is 2.09. The van der Waals surface area contributed by atoms with Crippen molar-refractivity contribution in [3.63, 3.8) is 0 Å². The van der Waals surface area contributed by atoms with Crippen LogP contribution >= 0.6 is 15.9 Å². The Hall–Kier alpha value is -2.09. The number of nitrogens with zero attached hydrogens (tertiary/aromatic N) is 2. The van der Waals surface area contributed by atoms with E-state index in [-0.39, 0.29) is 10.2 Å². The highest BCUT2D eigenvalue weighted by atomic mass is 79.9. The first-order chi connectivity index (χ1) is 10.6. The maximum atomic E-state index is 14.4. The van der Waals surface area contributed by atoms with Crippen LogP contribution in [-0.2, 0) is 0 Å². The third kappa shape index (κ3) is 2.78. The van der Waals surface area contributed by atoms with Crippen LogP contribution in [0.25, 0.3) is 0 Å². The molecular formula is C14H14BrFN4O2. The van der Waals surface area contributed by atoms with Crippen molar-refractivity contribution in [2.45, 2.75) is 6.92 Å².